The fourth-order valence-electron chi connectivity index (χ4n) is 0.556. The Labute approximate surface area is 57.2 Å². The smallest absolute Gasteiger partial charge is 0.394 e. The fraction of sp³-hybridized carbons (Fsp3) is 0. The van der Waals surface area contributed by atoms with Crippen molar-refractivity contribution in [2.45, 2.75) is 4.90 Å². The molecule has 0 saturated heterocycles. The van der Waals surface area contributed by atoms with E-state index in [-0.39, 0.29) is 0 Å². The van der Waals surface area contributed by atoms with Crippen molar-refractivity contribution in [3.63, 3.8) is 0 Å². The lowest BCUT2D eigenvalue weighted by Gasteiger charge is -1.83. The van der Waals surface area contributed by atoms with Gasteiger partial charge < -0.3 is 5.73 Å². The summed E-state index contributed by atoms with van der Waals surface area (Å²) in [6, 6.07) is 7.00. The highest BCUT2D eigenvalue weighted by Crippen LogP contribution is 2.08. The number of hydrogen-bond donors (Lipinski definition) is 1. The van der Waals surface area contributed by atoms with Crippen LogP contribution < -0.4 is 5.73 Å². The van der Waals surface area contributed by atoms with E-state index in [9.17, 15) is 4.21 Å². The molecule has 1 rings (SSSR count). The minimum atomic E-state index is 0.420. The van der Waals surface area contributed by atoms with Crippen molar-refractivity contribution in [1.82, 2.24) is 0 Å². The Morgan fingerprint density at radius 2 is 2.00 bits per heavy atom. The minimum Gasteiger partial charge on any atom is -0.394 e. The molecule has 2 nitrogen and oxygen atoms in total. The molecule has 0 atom stereocenters. The Balaban J connectivity index is 3.15. The standard InChI is InChI=1S/C6H6NOS/c7-5-3-1-2-4-6(5)9-8/h1-4H,7H2/q+1. The first-order valence-electron chi connectivity index (χ1n) is 2.49. The summed E-state index contributed by atoms with van der Waals surface area (Å²) in [5, 5.41) is 0. The lowest BCUT2D eigenvalue weighted by Crippen LogP contribution is -1.87. The summed E-state index contributed by atoms with van der Waals surface area (Å²) >= 11 is 0.420. The van der Waals surface area contributed by atoms with Crippen LogP contribution in [-0.4, -0.2) is 0 Å². The lowest BCUT2D eigenvalue weighted by molar-refractivity contribution is 0.605. The largest absolute Gasteiger partial charge is 0.507 e. The van der Waals surface area contributed by atoms with Crippen LogP contribution in [0.25, 0.3) is 0 Å². The number of para-hydroxylation sites is 1. The van der Waals surface area contributed by atoms with E-state index in [0.717, 1.165) is 0 Å². The molecule has 0 aromatic heterocycles. The van der Waals surface area contributed by atoms with Crippen molar-refractivity contribution in [3.05, 3.63) is 24.3 Å². The summed E-state index contributed by atoms with van der Waals surface area (Å²) in [6.45, 7) is 0. The zero-order valence-corrected chi connectivity index (χ0v) is 5.52. The van der Waals surface area contributed by atoms with Gasteiger partial charge in [0.1, 0.15) is 5.69 Å². The third-order valence-electron chi connectivity index (χ3n) is 1.01. The summed E-state index contributed by atoms with van der Waals surface area (Å²) < 4.78 is 10.2. The van der Waals surface area contributed by atoms with Gasteiger partial charge in [-0.1, -0.05) is 12.1 Å². The molecule has 0 bridgehead atoms. The highest BCUT2D eigenvalue weighted by atomic mass is 32.1. The maximum atomic E-state index is 10.2. The van der Waals surface area contributed by atoms with Gasteiger partial charge in [-0.3, -0.25) is 0 Å². The molecular weight excluding hydrogens is 134 g/mol. The molecule has 0 saturated carbocycles. The first-order valence-corrected chi connectivity index (χ1v) is 3.23. The number of hydrogen-bond acceptors (Lipinski definition) is 2. The predicted octanol–water partition coefficient (Wildman–Crippen LogP) is 1.06. The Bertz CT molecular complexity index is 224. The third-order valence-corrected chi connectivity index (χ3v) is 1.56. The van der Waals surface area contributed by atoms with E-state index in [0.29, 0.717) is 22.2 Å². The molecule has 0 spiro atoms. The quantitative estimate of drug-likeness (QED) is 0.468. The van der Waals surface area contributed by atoms with Crippen molar-refractivity contribution in [3.8, 4) is 0 Å². The van der Waals surface area contributed by atoms with Gasteiger partial charge in [-0.25, -0.2) is 0 Å². The second-order valence-corrected chi connectivity index (χ2v) is 2.23. The number of nitrogen functional groups attached to an aromatic ring is 1. The molecule has 0 radical (unpaired) electrons. The Hall–Kier alpha value is -0.960. The molecule has 1 aromatic carbocycles. The molecule has 0 heterocycles. The van der Waals surface area contributed by atoms with Gasteiger partial charge in [0.25, 0.3) is 0 Å². The van der Waals surface area contributed by atoms with Crippen LogP contribution in [0, 0.1) is 0 Å². The van der Waals surface area contributed by atoms with Crippen molar-refractivity contribution in [1.29, 1.82) is 0 Å². The fourth-order valence-corrected chi connectivity index (χ4v) is 0.855. The van der Waals surface area contributed by atoms with Gasteiger partial charge in [-0.2, -0.15) is 0 Å². The highest BCUT2D eigenvalue weighted by molar-refractivity contribution is 7.65. The van der Waals surface area contributed by atoms with Crippen LogP contribution in [0.2, 0.25) is 0 Å². The van der Waals surface area contributed by atoms with Gasteiger partial charge in [0, 0.05) is 10.3 Å². The zero-order chi connectivity index (χ0) is 6.69. The van der Waals surface area contributed by atoms with Crippen LogP contribution in [0.1, 0.15) is 0 Å². The maximum absolute atomic E-state index is 10.2. The summed E-state index contributed by atoms with van der Waals surface area (Å²) in [7, 11) is 0. The minimum absolute atomic E-state index is 0.420. The Kier molecular flexibility index (Phi) is 1.75. The average molecular weight is 140 g/mol. The number of rotatable bonds is 1. The van der Waals surface area contributed by atoms with Crippen molar-refractivity contribution in [2.75, 3.05) is 5.73 Å². The summed E-state index contributed by atoms with van der Waals surface area (Å²) in [6.07, 6.45) is 0. The summed E-state index contributed by atoms with van der Waals surface area (Å²) in [5.74, 6) is 0. The van der Waals surface area contributed by atoms with E-state index in [1.807, 2.05) is 0 Å². The van der Waals surface area contributed by atoms with Gasteiger partial charge in [-0.05, 0) is 6.07 Å². The third kappa shape index (κ3) is 1.23. The highest BCUT2D eigenvalue weighted by Gasteiger charge is 2.08. The molecule has 0 fully saturated rings. The molecule has 0 aliphatic rings. The second-order valence-electron chi connectivity index (χ2n) is 1.62. The molecule has 0 aliphatic heterocycles. The second kappa shape index (κ2) is 2.55. The number of nitrogens with two attached hydrogens (primary N) is 1. The molecule has 0 unspecified atom stereocenters. The molecule has 1 aromatic rings. The van der Waals surface area contributed by atoms with E-state index >= 15 is 0 Å². The van der Waals surface area contributed by atoms with E-state index < -0.39 is 0 Å². The maximum Gasteiger partial charge on any atom is 0.507 e. The van der Waals surface area contributed by atoms with E-state index in [1.54, 1.807) is 24.3 Å². The zero-order valence-electron chi connectivity index (χ0n) is 4.70. The van der Waals surface area contributed by atoms with Gasteiger partial charge in [0.15, 0.2) is 0 Å². The normalized spacial score (nSPS) is 8.89. The molecule has 0 amide bonds. The predicted molar refractivity (Wildman–Crippen MR) is 37.2 cm³/mol. The molecular formula is C6H6NOS+. The molecule has 3 heteroatoms. The van der Waals surface area contributed by atoms with Crippen molar-refractivity contribution in [2.24, 2.45) is 0 Å². The summed E-state index contributed by atoms with van der Waals surface area (Å²) in [4.78, 5) is 0.595. The molecule has 46 valence electrons. The van der Waals surface area contributed by atoms with Gasteiger partial charge in [-0.15, -0.1) is 0 Å². The van der Waals surface area contributed by atoms with Gasteiger partial charge >= 0.3 is 16.6 Å². The molecule has 2 N–H and O–H groups in total. The topological polar surface area (TPSA) is 43.1 Å². The summed E-state index contributed by atoms with van der Waals surface area (Å²) in [5.41, 5.74) is 5.96. The molecule has 9 heavy (non-hydrogen) atoms. The number of anilines is 1. The van der Waals surface area contributed by atoms with Gasteiger partial charge in [0.2, 0.25) is 0 Å². The van der Waals surface area contributed by atoms with E-state index in [2.05, 4.69) is 0 Å². The Morgan fingerprint density at radius 1 is 1.33 bits per heavy atom. The Morgan fingerprint density at radius 3 is 2.44 bits per heavy atom. The van der Waals surface area contributed by atoms with Crippen LogP contribution in [0.3, 0.4) is 0 Å². The number of benzene rings is 1. The lowest BCUT2D eigenvalue weighted by atomic mass is 10.3. The SMILES string of the molecule is Nc1ccccc1[S+]=O. The molecule has 0 aliphatic carbocycles. The van der Waals surface area contributed by atoms with Crippen LogP contribution in [0.5, 0.6) is 0 Å². The van der Waals surface area contributed by atoms with Crippen molar-refractivity contribution < 1.29 is 4.21 Å². The monoisotopic (exact) mass is 140 g/mol. The van der Waals surface area contributed by atoms with E-state index in [4.69, 9.17) is 5.73 Å². The van der Waals surface area contributed by atoms with Crippen LogP contribution in [0.15, 0.2) is 29.2 Å². The van der Waals surface area contributed by atoms with Gasteiger partial charge in [0.05, 0.1) is 0 Å². The average Bonchev–Trinajstić information content (AvgIpc) is 1.89. The van der Waals surface area contributed by atoms with E-state index in [1.165, 1.54) is 0 Å². The van der Waals surface area contributed by atoms with Crippen LogP contribution >= 0.6 is 0 Å². The van der Waals surface area contributed by atoms with Crippen molar-refractivity contribution >= 4 is 17.4 Å². The first kappa shape index (κ1) is 6.16. The van der Waals surface area contributed by atoms with Crippen LogP contribution in [0.4, 0.5) is 5.69 Å². The van der Waals surface area contributed by atoms with Crippen LogP contribution in [-0.2, 0) is 15.9 Å². The first-order chi connectivity index (χ1) is 4.34.